The first kappa shape index (κ1) is 18.8. The monoisotopic (exact) mass is 341 g/mol. The first-order chi connectivity index (χ1) is 12.1. The summed E-state index contributed by atoms with van der Waals surface area (Å²) in [5, 5.41) is 3.25. The number of methoxy groups -OCH3 is 1. The molecule has 0 unspecified atom stereocenters. The lowest BCUT2D eigenvalue weighted by Gasteiger charge is -2.21. The summed E-state index contributed by atoms with van der Waals surface area (Å²) in [7, 11) is 1.64. The van der Waals surface area contributed by atoms with Gasteiger partial charge in [0.2, 0.25) is 0 Å². The lowest BCUT2D eigenvalue weighted by Crippen LogP contribution is -2.32. The molecule has 0 saturated heterocycles. The highest BCUT2D eigenvalue weighted by atomic mass is 16.5. The third-order valence-corrected chi connectivity index (χ3v) is 3.90. The van der Waals surface area contributed by atoms with Gasteiger partial charge in [0.05, 0.1) is 18.4 Å². The fourth-order valence-electron chi connectivity index (χ4n) is 2.69. The molecule has 1 aromatic carbocycles. The number of hydrogen-bond acceptors (Lipinski definition) is 4. The van der Waals surface area contributed by atoms with Gasteiger partial charge in [0.25, 0.3) is 5.91 Å². The number of rotatable bonds is 8. The number of aromatic nitrogens is 1. The second-order valence-electron chi connectivity index (χ2n) is 6.05. The molecule has 1 aromatic heterocycles. The Bertz CT molecular complexity index is 693. The average molecular weight is 341 g/mol. The summed E-state index contributed by atoms with van der Waals surface area (Å²) in [4.78, 5) is 18.9. The van der Waals surface area contributed by atoms with Gasteiger partial charge in [-0.1, -0.05) is 19.9 Å². The molecule has 5 heteroatoms. The zero-order chi connectivity index (χ0) is 18.2. The number of carbonyl (C=O) groups excluding carboxylic acids is 1. The summed E-state index contributed by atoms with van der Waals surface area (Å²) < 4.78 is 5.37. The molecule has 1 heterocycles. The molecule has 2 aromatic rings. The van der Waals surface area contributed by atoms with Crippen LogP contribution in [0.3, 0.4) is 0 Å². The summed E-state index contributed by atoms with van der Waals surface area (Å²) in [5.41, 5.74) is 2.60. The minimum Gasteiger partial charge on any atom is -0.495 e. The highest BCUT2D eigenvalue weighted by Gasteiger charge is 2.14. The molecule has 0 aliphatic rings. The van der Waals surface area contributed by atoms with Crippen molar-refractivity contribution in [1.82, 2.24) is 9.88 Å². The van der Waals surface area contributed by atoms with Crippen molar-refractivity contribution < 1.29 is 9.53 Å². The SMILES string of the molecule is CCCN(CCC)C(=O)c1ccc(Nc2cc(C)ccc2OC)nc1. The van der Waals surface area contributed by atoms with Gasteiger partial charge < -0.3 is 15.0 Å². The first-order valence-electron chi connectivity index (χ1n) is 8.76. The van der Waals surface area contributed by atoms with Gasteiger partial charge >= 0.3 is 0 Å². The highest BCUT2D eigenvalue weighted by Crippen LogP contribution is 2.27. The van der Waals surface area contributed by atoms with Gasteiger partial charge in [0.1, 0.15) is 11.6 Å². The Balaban J connectivity index is 2.14. The molecular weight excluding hydrogens is 314 g/mol. The number of carbonyl (C=O) groups is 1. The average Bonchev–Trinajstić information content (AvgIpc) is 2.62. The van der Waals surface area contributed by atoms with Gasteiger partial charge in [-0.05, 0) is 49.6 Å². The quantitative estimate of drug-likeness (QED) is 0.773. The van der Waals surface area contributed by atoms with Crippen LogP contribution in [0.1, 0.15) is 42.6 Å². The zero-order valence-electron chi connectivity index (χ0n) is 15.5. The number of aryl methyl sites for hydroxylation is 1. The number of amides is 1. The number of hydrogen-bond donors (Lipinski definition) is 1. The molecule has 0 atom stereocenters. The zero-order valence-corrected chi connectivity index (χ0v) is 15.5. The van der Waals surface area contributed by atoms with E-state index in [1.54, 1.807) is 13.3 Å². The highest BCUT2D eigenvalue weighted by molar-refractivity contribution is 5.94. The number of pyridine rings is 1. The molecule has 2 rings (SSSR count). The van der Waals surface area contributed by atoms with E-state index in [0.717, 1.165) is 42.9 Å². The molecule has 0 radical (unpaired) electrons. The molecule has 1 N–H and O–H groups in total. The maximum Gasteiger partial charge on any atom is 0.255 e. The summed E-state index contributed by atoms with van der Waals surface area (Å²) in [6, 6.07) is 9.56. The van der Waals surface area contributed by atoms with Crippen LogP contribution in [0, 0.1) is 6.92 Å². The van der Waals surface area contributed by atoms with E-state index < -0.39 is 0 Å². The maximum absolute atomic E-state index is 12.6. The van der Waals surface area contributed by atoms with Crippen molar-refractivity contribution in [2.75, 3.05) is 25.5 Å². The van der Waals surface area contributed by atoms with Crippen LogP contribution in [0.4, 0.5) is 11.5 Å². The van der Waals surface area contributed by atoms with E-state index in [2.05, 4.69) is 24.1 Å². The predicted molar refractivity (Wildman–Crippen MR) is 102 cm³/mol. The standard InChI is InChI=1S/C20H27N3O2/c1-5-11-23(12-6-2)20(24)16-8-10-19(21-14-16)22-17-13-15(3)7-9-18(17)25-4/h7-10,13-14H,5-6,11-12H2,1-4H3,(H,21,22). The van der Waals surface area contributed by atoms with Crippen LogP contribution >= 0.6 is 0 Å². The normalized spacial score (nSPS) is 10.4. The van der Waals surface area contributed by atoms with Gasteiger partial charge in [-0.3, -0.25) is 4.79 Å². The molecule has 134 valence electrons. The van der Waals surface area contributed by atoms with E-state index in [1.165, 1.54) is 0 Å². The molecule has 25 heavy (non-hydrogen) atoms. The van der Waals surface area contributed by atoms with Crippen LogP contribution in [0.25, 0.3) is 0 Å². The molecule has 0 bridgehead atoms. The molecule has 0 spiro atoms. The summed E-state index contributed by atoms with van der Waals surface area (Å²) in [6.45, 7) is 7.73. The fraction of sp³-hybridized carbons (Fsp3) is 0.400. The van der Waals surface area contributed by atoms with Gasteiger partial charge in [-0.25, -0.2) is 4.98 Å². The van der Waals surface area contributed by atoms with Crippen LogP contribution in [0.15, 0.2) is 36.5 Å². The molecule has 1 amide bonds. The second kappa shape index (κ2) is 9.06. The predicted octanol–water partition coefficient (Wildman–Crippen LogP) is 4.40. The Morgan fingerprint density at radius 1 is 1.16 bits per heavy atom. The molecule has 0 aliphatic carbocycles. The smallest absolute Gasteiger partial charge is 0.255 e. The van der Waals surface area contributed by atoms with E-state index in [0.29, 0.717) is 11.4 Å². The molecule has 0 aliphatic heterocycles. The van der Waals surface area contributed by atoms with E-state index in [1.807, 2.05) is 42.2 Å². The van der Waals surface area contributed by atoms with Crippen molar-refractivity contribution in [3.8, 4) is 5.75 Å². The molecular formula is C20H27N3O2. The lowest BCUT2D eigenvalue weighted by molar-refractivity contribution is 0.0755. The number of nitrogens with one attached hydrogen (secondary N) is 1. The number of benzene rings is 1. The molecule has 0 saturated carbocycles. The van der Waals surface area contributed by atoms with Crippen LogP contribution in [-0.4, -0.2) is 36.0 Å². The Hall–Kier alpha value is -2.56. The minimum absolute atomic E-state index is 0.0379. The van der Waals surface area contributed by atoms with E-state index in [9.17, 15) is 4.79 Å². The maximum atomic E-state index is 12.6. The number of ether oxygens (including phenoxy) is 1. The first-order valence-corrected chi connectivity index (χ1v) is 8.76. The second-order valence-corrected chi connectivity index (χ2v) is 6.05. The molecule has 5 nitrogen and oxygen atoms in total. The van der Waals surface area contributed by atoms with Crippen LogP contribution in [0.5, 0.6) is 5.75 Å². The van der Waals surface area contributed by atoms with Crippen molar-refractivity contribution in [3.63, 3.8) is 0 Å². The van der Waals surface area contributed by atoms with Crippen molar-refractivity contribution in [2.24, 2.45) is 0 Å². The topological polar surface area (TPSA) is 54.5 Å². The van der Waals surface area contributed by atoms with Crippen LogP contribution in [0.2, 0.25) is 0 Å². The van der Waals surface area contributed by atoms with Gasteiger partial charge in [0.15, 0.2) is 0 Å². The van der Waals surface area contributed by atoms with Crippen molar-refractivity contribution in [2.45, 2.75) is 33.6 Å². The number of nitrogens with zero attached hydrogens (tertiary/aromatic N) is 2. The van der Waals surface area contributed by atoms with E-state index in [-0.39, 0.29) is 5.91 Å². The summed E-state index contributed by atoms with van der Waals surface area (Å²) in [5.74, 6) is 1.47. The van der Waals surface area contributed by atoms with Crippen LogP contribution < -0.4 is 10.1 Å². The van der Waals surface area contributed by atoms with Crippen molar-refractivity contribution in [1.29, 1.82) is 0 Å². The Morgan fingerprint density at radius 3 is 2.44 bits per heavy atom. The summed E-state index contributed by atoms with van der Waals surface area (Å²) in [6.07, 6.45) is 3.53. The Labute approximate surface area is 150 Å². The lowest BCUT2D eigenvalue weighted by atomic mass is 10.2. The fourth-order valence-corrected chi connectivity index (χ4v) is 2.69. The van der Waals surface area contributed by atoms with Crippen LogP contribution in [-0.2, 0) is 0 Å². The number of anilines is 2. The molecule has 0 fully saturated rings. The van der Waals surface area contributed by atoms with Gasteiger partial charge in [-0.2, -0.15) is 0 Å². The van der Waals surface area contributed by atoms with Gasteiger partial charge in [-0.15, -0.1) is 0 Å². The van der Waals surface area contributed by atoms with E-state index >= 15 is 0 Å². The van der Waals surface area contributed by atoms with Crippen molar-refractivity contribution in [3.05, 3.63) is 47.7 Å². The Morgan fingerprint density at radius 2 is 1.88 bits per heavy atom. The minimum atomic E-state index is 0.0379. The van der Waals surface area contributed by atoms with E-state index in [4.69, 9.17) is 4.74 Å². The Kier molecular flexibility index (Phi) is 6.81. The van der Waals surface area contributed by atoms with Crippen molar-refractivity contribution >= 4 is 17.4 Å². The van der Waals surface area contributed by atoms with Gasteiger partial charge in [0, 0.05) is 19.3 Å². The third kappa shape index (κ3) is 4.95. The summed E-state index contributed by atoms with van der Waals surface area (Å²) >= 11 is 0. The largest absolute Gasteiger partial charge is 0.495 e. The third-order valence-electron chi connectivity index (χ3n) is 3.90.